The molecule has 0 radical (unpaired) electrons. The molecular formula is C24H28F3N9O. The molecule has 6 heterocycles. The first kappa shape index (κ1) is 22.7. The Hall–Kier alpha value is -3.45. The lowest BCUT2D eigenvalue weighted by atomic mass is 9.92. The summed E-state index contributed by atoms with van der Waals surface area (Å²) in [6, 6.07) is 4.35. The van der Waals surface area contributed by atoms with Gasteiger partial charge in [0.1, 0.15) is 23.0 Å². The zero-order chi connectivity index (χ0) is 26.8. The summed E-state index contributed by atoms with van der Waals surface area (Å²) in [6.45, 7) is 5.35. The summed E-state index contributed by atoms with van der Waals surface area (Å²) in [5, 5.41) is 2.96. The van der Waals surface area contributed by atoms with Gasteiger partial charge in [0.25, 0.3) is 6.43 Å². The van der Waals surface area contributed by atoms with Crippen LogP contribution in [0, 0.1) is 6.92 Å². The number of nitrogens with one attached hydrogen (secondary N) is 1. The summed E-state index contributed by atoms with van der Waals surface area (Å²) in [5.41, 5.74) is 8.44. The largest absolute Gasteiger partial charge is 0.382 e. The van der Waals surface area contributed by atoms with E-state index in [9.17, 15) is 8.78 Å². The van der Waals surface area contributed by atoms with Crippen LogP contribution in [-0.2, 0) is 11.3 Å². The minimum atomic E-state index is -2.56. The number of nitrogen functional groups attached to an aromatic ring is 1. The lowest BCUT2D eigenvalue weighted by molar-refractivity contribution is -0.142. The van der Waals surface area contributed by atoms with E-state index in [1.807, 2.05) is 0 Å². The number of hydrogen-bond acceptors (Lipinski definition) is 7. The number of anilines is 1. The van der Waals surface area contributed by atoms with E-state index in [1.165, 1.54) is 9.08 Å². The highest BCUT2D eigenvalue weighted by Crippen LogP contribution is 2.30. The number of imidazole rings is 1. The van der Waals surface area contributed by atoms with Crippen LogP contribution in [0.4, 0.5) is 19.0 Å². The molecule has 0 unspecified atom stereocenters. The first-order chi connectivity index (χ1) is 18.1. The molecule has 10 nitrogen and oxygen atoms in total. The number of nitrogens with zero attached hydrogens (tertiary/aromatic N) is 7. The number of nitrogens with two attached hydrogens (primary N) is 1. The van der Waals surface area contributed by atoms with E-state index in [2.05, 4.69) is 36.9 Å². The van der Waals surface area contributed by atoms with E-state index in [-0.39, 0.29) is 29.7 Å². The second-order valence-electron chi connectivity index (χ2n) is 9.94. The highest BCUT2D eigenvalue weighted by atomic mass is 19.3. The number of likely N-dealkylation sites (tertiary alicyclic amines) is 1. The summed E-state index contributed by atoms with van der Waals surface area (Å²) < 4.78 is 57.9. The van der Waals surface area contributed by atoms with Gasteiger partial charge in [-0.25, -0.2) is 28.1 Å². The summed E-state index contributed by atoms with van der Waals surface area (Å²) in [4.78, 5) is 19.9. The van der Waals surface area contributed by atoms with E-state index in [4.69, 9.17) is 11.8 Å². The van der Waals surface area contributed by atoms with Crippen molar-refractivity contribution < 1.29 is 19.3 Å². The molecule has 13 heteroatoms. The molecule has 2 saturated heterocycles. The Labute approximate surface area is 211 Å². The van der Waals surface area contributed by atoms with E-state index in [0.29, 0.717) is 59.9 Å². The first-order valence-electron chi connectivity index (χ1n) is 12.6. The molecule has 2 fully saturated rings. The summed E-state index contributed by atoms with van der Waals surface area (Å²) in [5.74, 6) is 0.517. The molecule has 0 saturated carbocycles. The third kappa shape index (κ3) is 4.15. The van der Waals surface area contributed by atoms with Crippen LogP contribution in [0.15, 0.2) is 29.4 Å². The number of aryl methyl sites for hydroxylation is 1. The number of aromatic nitrogens is 6. The SMILES string of the molecule is [2H]c1cc(-c2ccc3nc(C)n(CC(F)F)c3n2)c2c(N)nc(=N[C@H]3CCN(C4(C)COC4)C[C@H]3F)[nH]n12. The number of alkyl halides is 3. The minimum Gasteiger partial charge on any atom is -0.382 e. The van der Waals surface area contributed by atoms with Gasteiger partial charge in [-0.1, -0.05) is 0 Å². The molecule has 196 valence electrons. The normalized spacial score (nSPS) is 23.2. The van der Waals surface area contributed by atoms with Crippen molar-refractivity contribution in [1.29, 1.82) is 0 Å². The molecule has 0 bridgehead atoms. The standard InChI is InChI=1S/C24H28F3N9O/c1-13-29-18-4-3-16(30-22(18)35(13)10-19(26)27)14-5-8-36-20(14)21(28)32-23(33-36)31-17-6-7-34(9-15(17)25)24(2)11-37-12-24/h3-5,8,15,17,19H,6-7,9-12H2,1-2H3,(H3,28,31,32,33)/t15-,17+/m1/s1/i8D. The Bertz CT molecular complexity index is 1590. The molecule has 4 aromatic rings. The second-order valence-corrected chi connectivity index (χ2v) is 9.94. The summed E-state index contributed by atoms with van der Waals surface area (Å²) in [7, 11) is 0. The smallest absolute Gasteiger partial charge is 0.256 e. The maximum atomic E-state index is 15.1. The van der Waals surface area contributed by atoms with Gasteiger partial charge in [0, 0.05) is 24.8 Å². The number of halogens is 3. The second kappa shape index (κ2) is 8.84. The number of piperidine rings is 1. The maximum absolute atomic E-state index is 15.1. The number of ether oxygens (including phenoxy) is 1. The van der Waals surface area contributed by atoms with Crippen LogP contribution >= 0.6 is 0 Å². The van der Waals surface area contributed by atoms with Crippen molar-refractivity contribution in [3.8, 4) is 11.3 Å². The summed E-state index contributed by atoms with van der Waals surface area (Å²) >= 11 is 0. The highest BCUT2D eigenvalue weighted by molar-refractivity contribution is 5.88. The molecule has 0 spiro atoms. The van der Waals surface area contributed by atoms with Crippen LogP contribution in [0.1, 0.15) is 20.5 Å². The molecule has 4 aromatic heterocycles. The van der Waals surface area contributed by atoms with Crippen LogP contribution in [0.25, 0.3) is 27.9 Å². The van der Waals surface area contributed by atoms with Crippen LogP contribution in [0.5, 0.6) is 0 Å². The van der Waals surface area contributed by atoms with Crippen LogP contribution < -0.4 is 11.4 Å². The quantitative estimate of drug-likeness (QED) is 0.421. The molecule has 0 aliphatic carbocycles. The van der Waals surface area contributed by atoms with Gasteiger partial charge in [-0.2, -0.15) is 4.98 Å². The molecule has 0 amide bonds. The van der Waals surface area contributed by atoms with Gasteiger partial charge in [-0.15, -0.1) is 0 Å². The Morgan fingerprint density at radius 3 is 2.81 bits per heavy atom. The Kier molecular flexibility index (Phi) is 5.43. The maximum Gasteiger partial charge on any atom is 0.256 e. The number of aromatic amines is 1. The molecule has 2 atom stereocenters. The molecule has 2 aliphatic rings. The van der Waals surface area contributed by atoms with E-state index in [1.54, 1.807) is 25.1 Å². The fourth-order valence-electron chi connectivity index (χ4n) is 5.15. The van der Waals surface area contributed by atoms with Gasteiger partial charge < -0.3 is 15.0 Å². The van der Waals surface area contributed by atoms with Crippen LogP contribution in [0.3, 0.4) is 0 Å². The monoisotopic (exact) mass is 516 g/mol. The average molecular weight is 517 g/mol. The lowest BCUT2D eigenvalue weighted by Crippen LogP contribution is -2.64. The van der Waals surface area contributed by atoms with Crippen molar-refractivity contribution in [1.82, 2.24) is 34.0 Å². The van der Waals surface area contributed by atoms with Crippen molar-refractivity contribution in [2.45, 2.75) is 51.0 Å². The highest BCUT2D eigenvalue weighted by Gasteiger charge is 2.43. The predicted octanol–water partition coefficient (Wildman–Crippen LogP) is 2.33. The van der Waals surface area contributed by atoms with E-state index >= 15 is 4.39 Å². The van der Waals surface area contributed by atoms with E-state index in [0.717, 1.165) is 0 Å². The fourth-order valence-corrected chi connectivity index (χ4v) is 5.15. The van der Waals surface area contributed by atoms with Gasteiger partial charge in [0.2, 0.25) is 5.62 Å². The third-order valence-electron chi connectivity index (χ3n) is 7.26. The van der Waals surface area contributed by atoms with Crippen molar-refractivity contribution in [3.63, 3.8) is 0 Å². The first-order valence-corrected chi connectivity index (χ1v) is 12.1. The van der Waals surface area contributed by atoms with Crippen LogP contribution in [-0.4, -0.2) is 84.5 Å². The molecule has 0 aromatic carbocycles. The topological polar surface area (TPSA) is 115 Å². The Balaban J connectivity index is 1.35. The number of H-pyrrole nitrogens is 1. The number of pyridine rings is 1. The summed E-state index contributed by atoms with van der Waals surface area (Å²) in [6.07, 6.45) is -3.16. The van der Waals surface area contributed by atoms with Crippen molar-refractivity contribution in [2.75, 3.05) is 32.0 Å². The minimum absolute atomic E-state index is 0.0595. The van der Waals surface area contributed by atoms with Gasteiger partial charge in [-0.3, -0.25) is 14.5 Å². The lowest BCUT2D eigenvalue weighted by Gasteiger charge is -2.50. The molecule has 37 heavy (non-hydrogen) atoms. The van der Waals surface area contributed by atoms with E-state index < -0.39 is 25.2 Å². The number of hydrogen-bond donors (Lipinski definition) is 2. The fraction of sp³-hybridized carbons (Fsp3) is 0.500. The van der Waals surface area contributed by atoms with Crippen LogP contribution in [0.2, 0.25) is 0 Å². The van der Waals surface area contributed by atoms with Crippen molar-refractivity contribution in [2.24, 2.45) is 4.99 Å². The molecule has 3 N–H and O–H groups in total. The van der Waals surface area contributed by atoms with Crippen molar-refractivity contribution >= 4 is 22.5 Å². The van der Waals surface area contributed by atoms with Gasteiger partial charge in [-0.05, 0) is 38.5 Å². The average Bonchev–Trinajstić information content (AvgIpc) is 3.34. The van der Waals surface area contributed by atoms with Crippen molar-refractivity contribution in [3.05, 3.63) is 35.8 Å². The zero-order valence-electron chi connectivity index (χ0n) is 21.5. The Morgan fingerprint density at radius 1 is 1.30 bits per heavy atom. The van der Waals surface area contributed by atoms with Gasteiger partial charge in [0.15, 0.2) is 11.5 Å². The molecular weight excluding hydrogens is 487 g/mol. The number of rotatable bonds is 5. The predicted molar refractivity (Wildman–Crippen MR) is 131 cm³/mol. The molecule has 2 aliphatic heterocycles. The third-order valence-corrected chi connectivity index (χ3v) is 7.26. The zero-order valence-corrected chi connectivity index (χ0v) is 20.5. The molecule has 6 rings (SSSR count). The number of fused-ring (bicyclic) bond motifs is 2. The van der Waals surface area contributed by atoms with Gasteiger partial charge in [0.05, 0.1) is 38.4 Å². The Morgan fingerprint density at radius 2 is 2.11 bits per heavy atom. The van der Waals surface area contributed by atoms with Gasteiger partial charge >= 0.3 is 0 Å².